The van der Waals surface area contributed by atoms with E-state index in [0.717, 1.165) is 34.6 Å². The summed E-state index contributed by atoms with van der Waals surface area (Å²) in [5.74, 6) is -0.254. The van der Waals surface area contributed by atoms with Crippen LogP contribution in [0.3, 0.4) is 0 Å². The highest BCUT2D eigenvalue weighted by Crippen LogP contribution is 2.30. The summed E-state index contributed by atoms with van der Waals surface area (Å²) in [4.78, 5) is 8.18. The van der Waals surface area contributed by atoms with Crippen molar-refractivity contribution in [2.45, 2.75) is 26.3 Å². The van der Waals surface area contributed by atoms with Crippen LogP contribution >= 0.6 is 24.0 Å². The number of halogens is 3. The molecule has 2 heterocycles. The smallest absolute Gasteiger partial charge is 0.123 e. The van der Waals surface area contributed by atoms with Crippen LogP contribution in [0, 0.1) is 19.7 Å². The number of aromatic nitrogens is 2. The van der Waals surface area contributed by atoms with Gasteiger partial charge in [-0.2, -0.15) is 0 Å². The number of aryl methyl sites for hydroxylation is 2. The average molecular weight is 430 g/mol. The maximum atomic E-state index is 13.3. The highest BCUT2D eigenvalue weighted by atomic mass is 35.5. The molecule has 0 radical (unpaired) electrons. The Morgan fingerprint density at radius 3 is 2.41 bits per heavy atom. The first kappa shape index (κ1) is 21.2. The van der Waals surface area contributed by atoms with Crippen LogP contribution in [0.1, 0.15) is 28.6 Å². The molecule has 4 aromatic rings. The Morgan fingerprint density at radius 1 is 1.03 bits per heavy atom. The highest BCUT2D eigenvalue weighted by molar-refractivity contribution is 6.30. The molecule has 0 aliphatic rings. The van der Waals surface area contributed by atoms with Gasteiger partial charge in [0.25, 0.3) is 0 Å². The van der Waals surface area contributed by atoms with Crippen molar-refractivity contribution in [2.24, 2.45) is 0 Å². The van der Waals surface area contributed by atoms with E-state index in [9.17, 15) is 4.39 Å². The monoisotopic (exact) mass is 429 g/mol. The summed E-state index contributed by atoms with van der Waals surface area (Å²) in [6.45, 7) is 4.18. The topological polar surface area (TPSA) is 40.7 Å². The number of hydrogen-bond acceptors (Lipinski definition) is 2. The summed E-state index contributed by atoms with van der Waals surface area (Å²) < 4.78 is 13.3. The van der Waals surface area contributed by atoms with Crippen molar-refractivity contribution in [3.8, 4) is 0 Å². The minimum atomic E-state index is -0.254. The molecule has 6 heteroatoms. The fourth-order valence-corrected chi connectivity index (χ4v) is 3.61. The minimum Gasteiger partial charge on any atom is -0.376 e. The maximum absolute atomic E-state index is 13.3. The number of benzene rings is 2. The van der Waals surface area contributed by atoms with Crippen molar-refractivity contribution in [3.05, 3.63) is 94.1 Å². The summed E-state index contributed by atoms with van der Waals surface area (Å²) in [5, 5.41) is 5.41. The first-order chi connectivity index (χ1) is 13.5. The predicted octanol–water partition coefficient (Wildman–Crippen LogP) is 6.79. The third-order valence-corrected chi connectivity index (χ3v) is 5.38. The van der Waals surface area contributed by atoms with Crippen LogP contribution in [0.2, 0.25) is 5.02 Å². The van der Waals surface area contributed by atoms with Gasteiger partial charge in [0.1, 0.15) is 5.82 Å². The maximum Gasteiger partial charge on any atom is 0.123 e. The zero-order valence-corrected chi connectivity index (χ0v) is 17.7. The quantitative estimate of drug-likeness (QED) is 0.366. The number of nitrogens with zero attached hydrogens (tertiary/aromatic N) is 1. The van der Waals surface area contributed by atoms with E-state index < -0.39 is 0 Å². The van der Waals surface area contributed by atoms with E-state index in [1.807, 2.05) is 36.5 Å². The summed E-state index contributed by atoms with van der Waals surface area (Å²) in [6, 6.07) is 16.2. The number of pyridine rings is 1. The Labute approximate surface area is 180 Å². The molecule has 1 unspecified atom stereocenters. The molecule has 2 N–H and O–H groups in total. The van der Waals surface area contributed by atoms with E-state index in [0.29, 0.717) is 5.02 Å². The second-order valence-corrected chi connectivity index (χ2v) is 7.46. The Kier molecular flexibility index (Phi) is 6.46. The molecular formula is C23H22Cl2FN3. The minimum absolute atomic E-state index is 0. The predicted molar refractivity (Wildman–Crippen MR) is 121 cm³/mol. The first-order valence-electron chi connectivity index (χ1n) is 9.21. The largest absolute Gasteiger partial charge is 0.376 e. The van der Waals surface area contributed by atoms with Crippen molar-refractivity contribution >= 4 is 40.6 Å². The Bertz CT molecular complexity index is 1060. The van der Waals surface area contributed by atoms with Gasteiger partial charge in [-0.15, -0.1) is 12.4 Å². The number of rotatable bonds is 5. The molecule has 2 aromatic heterocycles. The molecule has 0 saturated carbocycles. The number of hydrogen-bond donors (Lipinski definition) is 2. The second-order valence-electron chi connectivity index (χ2n) is 7.03. The Hall–Kier alpha value is -2.56. The van der Waals surface area contributed by atoms with Crippen molar-refractivity contribution in [3.63, 3.8) is 0 Å². The molecule has 0 aliphatic carbocycles. The van der Waals surface area contributed by atoms with Crippen molar-refractivity contribution < 1.29 is 4.39 Å². The van der Waals surface area contributed by atoms with Gasteiger partial charge in [-0.1, -0.05) is 23.7 Å². The van der Waals surface area contributed by atoms with Crippen LogP contribution in [-0.4, -0.2) is 9.97 Å². The summed E-state index contributed by atoms with van der Waals surface area (Å²) in [6.07, 6.45) is 2.57. The van der Waals surface area contributed by atoms with Gasteiger partial charge in [-0.05, 0) is 73.9 Å². The van der Waals surface area contributed by atoms with Crippen LogP contribution < -0.4 is 5.32 Å². The second kappa shape index (κ2) is 8.85. The molecule has 0 saturated heterocycles. The normalized spacial score (nSPS) is 11.9. The Morgan fingerprint density at radius 2 is 1.72 bits per heavy atom. The summed E-state index contributed by atoms with van der Waals surface area (Å²) in [7, 11) is 0. The zero-order valence-electron chi connectivity index (χ0n) is 16.2. The van der Waals surface area contributed by atoms with Crippen LogP contribution in [0.4, 0.5) is 10.1 Å². The number of nitrogens with one attached hydrogen (secondary N) is 2. The van der Waals surface area contributed by atoms with Gasteiger partial charge in [0.15, 0.2) is 0 Å². The molecule has 1 atom stereocenters. The van der Waals surface area contributed by atoms with Gasteiger partial charge in [0, 0.05) is 28.0 Å². The van der Waals surface area contributed by atoms with Gasteiger partial charge >= 0.3 is 0 Å². The molecule has 3 nitrogen and oxygen atoms in total. The molecule has 4 rings (SSSR count). The van der Waals surface area contributed by atoms with E-state index in [1.54, 1.807) is 12.1 Å². The third kappa shape index (κ3) is 4.55. The van der Waals surface area contributed by atoms with Gasteiger partial charge < -0.3 is 10.3 Å². The van der Waals surface area contributed by atoms with Gasteiger partial charge in [0.2, 0.25) is 0 Å². The van der Waals surface area contributed by atoms with Crippen molar-refractivity contribution in [1.29, 1.82) is 0 Å². The zero-order chi connectivity index (χ0) is 19.7. The van der Waals surface area contributed by atoms with E-state index in [4.69, 9.17) is 16.6 Å². The lowest BCUT2D eigenvalue weighted by atomic mass is 10.0. The molecule has 0 amide bonds. The fraction of sp³-hybridized carbons (Fsp3) is 0.174. The van der Waals surface area contributed by atoms with E-state index in [1.165, 1.54) is 23.1 Å². The van der Waals surface area contributed by atoms with E-state index >= 15 is 0 Å². The van der Waals surface area contributed by atoms with Crippen LogP contribution in [0.25, 0.3) is 10.9 Å². The SMILES string of the molecule is Cc1[nH]c2c(C(Cc3ccc(Cl)cc3)Nc3ccc(F)cc3)nccc2c1C.Cl. The van der Waals surface area contributed by atoms with Gasteiger partial charge in [0.05, 0.1) is 17.3 Å². The molecule has 0 aliphatic heterocycles. The molecule has 29 heavy (non-hydrogen) atoms. The first-order valence-corrected chi connectivity index (χ1v) is 9.59. The van der Waals surface area contributed by atoms with Crippen molar-refractivity contribution in [1.82, 2.24) is 9.97 Å². The molecule has 0 fully saturated rings. The molecule has 2 aromatic carbocycles. The molecule has 150 valence electrons. The lowest BCUT2D eigenvalue weighted by Gasteiger charge is -2.21. The highest BCUT2D eigenvalue weighted by Gasteiger charge is 2.19. The van der Waals surface area contributed by atoms with Crippen LogP contribution in [0.15, 0.2) is 60.8 Å². The fourth-order valence-electron chi connectivity index (χ4n) is 3.49. The molecular weight excluding hydrogens is 408 g/mol. The van der Waals surface area contributed by atoms with Crippen molar-refractivity contribution in [2.75, 3.05) is 5.32 Å². The summed E-state index contributed by atoms with van der Waals surface area (Å²) >= 11 is 6.04. The van der Waals surface area contributed by atoms with Gasteiger partial charge in [-0.3, -0.25) is 4.98 Å². The number of fused-ring (bicyclic) bond motifs is 1. The molecule has 0 bridgehead atoms. The standard InChI is InChI=1S/C23H21ClFN3.ClH/c1-14-15(2)27-22-20(14)11-12-26-23(22)21(13-16-3-5-17(24)6-4-16)28-19-9-7-18(25)8-10-19;/h3-12,21,27-28H,13H2,1-2H3;1H. The number of aromatic amines is 1. The van der Waals surface area contributed by atoms with E-state index in [-0.39, 0.29) is 24.3 Å². The lowest BCUT2D eigenvalue weighted by Crippen LogP contribution is -2.16. The average Bonchev–Trinajstić information content (AvgIpc) is 2.99. The lowest BCUT2D eigenvalue weighted by molar-refractivity contribution is 0.627. The Balaban J connectivity index is 0.00000240. The summed E-state index contributed by atoms with van der Waals surface area (Å²) in [5.41, 5.74) is 6.32. The number of anilines is 1. The van der Waals surface area contributed by atoms with E-state index in [2.05, 4.69) is 24.1 Å². The van der Waals surface area contributed by atoms with Gasteiger partial charge in [-0.25, -0.2) is 4.39 Å². The molecule has 0 spiro atoms. The number of H-pyrrole nitrogens is 1. The third-order valence-electron chi connectivity index (χ3n) is 5.13. The van der Waals surface area contributed by atoms with Crippen LogP contribution in [-0.2, 0) is 6.42 Å². The van der Waals surface area contributed by atoms with Crippen LogP contribution in [0.5, 0.6) is 0 Å².